The molecule has 8 nitrogen and oxygen atoms in total. The number of carbonyl (C=O) groups is 2. The molecule has 1 aliphatic rings. The van der Waals surface area contributed by atoms with Gasteiger partial charge in [-0.1, -0.05) is 24.3 Å². The predicted molar refractivity (Wildman–Crippen MR) is 143 cm³/mol. The summed E-state index contributed by atoms with van der Waals surface area (Å²) in [6, 6.07) is 14.7. The van der Waals surface area contributed by atoms with Crippen LogP contribution in [-0.4, -0.2) is 70.8 Å². The number of anilines is 2. The summed E-state index contributed by atoms with van der Waals surface area (Å²) in [5, 5.41) is 15.7. The van der Waals surface area contributed by atoms with Crippen LogP contribution in [0.15, 0.2) is 48.5 Å². The van der Waals surface area contributed by atoms with Crippen LogP contribution in [0.25, 0.3) is 0 Å². The third kappa shape index (κ3) is 9.26. The van der Waals surface area contributed by atoms with Crippen molar-refractivity contribution < 1.29 is 19.4 Å². The fraction of sp³-hybridized carbons (Fsp3) is 0.500. The normalized spacial score (nSPS) is 15.7. The van der Waals surface area contributed by atoms with Crippen molar-refractivity contribution in [3.05, 3.63) is 59.7 Å². The van der Waals surface area contributed by atoms with Crippen LogP contribution in [0.4, 0.5) is 16.2 Å². The molecule has 1 saturated heterocycles. The number of ether oxygens (including phenoxy) is 1. The molecule has 0 atom stereocenters. The van der Waals surface area contributed by atoms with Crippen molar-refractivity contribution in [3.8, 4) is 0 Å². The smallest absolute Gasteiger partial charge is 0.412 e. The summed E-state index contributed by atoms with van der Waals surface area (Å²) >= 11 is 0. The van der Waals surface area contributed by atoms with E-state index in [2.05, 4.69) is 20.4 Å². The van der Waals surface area contributed by atoms with Crippen molar-refractivity contribution in [2.75, 3.05) is 43.4 Å². The second-order valence-electron chi connectivity index (χ2n) is 11.0. The number of carbonyl (C=O) groups excluding carboxylic acids is 2. The lowest BCUT2D eigenvalue weighted by Crippen LogP contribution is -2.40. The van der Waals surface area contributed by atoms with Gasteiger partial charge in [-0.15, -0.1) is 0 Å². The number of amides is 2. The Morgan fingerprint density at radius 2 is 1.44 bits per heavy atom. The van der Waals surface area contributed by atoms with Gasteiger partial charge in [-0.25, -0.2) is 4.79 Å². The zero-order valence-corrected chi connectivity index (χ0v) is 22.1. The second kappa shape index (κ2) is 11.9. The Hall–Kier alpha value is -2.94. The minimum Gasteiger partial charge on any atom is -0.444 e. The average molecular weight is 497 g/mol. The first-order chi connectivity index (χ1) is 16.9. The number of rotatable bonds is 7. The molecule has 36 heavy (non-hydrogen) atoms. The number of nitrogens with zero attached hydrogens (tertiary/aromatic N) is 2. The van der Waals surface area contributed by atoms with E-state index in [4.69, 9.17) is 4.74 Å². The van der Waals surface area contributed by atoms with Crippen LogP contribution in [0.3, 0.4) is 0 Å². The number of β-amino-alcohol motifs (C(OH)–C–C–N with tert-alkyl or cyclic N) is 1. The first-order valence-corrected chi connectivity index (χ1v) is 12.5. The maximum Gasteiger partial charge on any atom is 0.412 e. The van der Waals surface area contributed by atoms with Crippen molar-refractivity contribution in [1.82, 2.24) is 9.80 Å². The van der Waals surface area contributed by atoms with Crippen molar-refractivity contribution in [1.29, 1.82) is 0 Å². The Morgan fingerprint density at radius 1 is 0.861 bits per heavy atom. The molecule has 0 saturated carbocycles. The first-order valence-electron chi connectivity index (χ1n) is 12.5. The van der Waals surface area contributed by atoms with Gasteiger partial charge in [0, 0.05) is 31.7 Å². The molecular weight excluding hydrogens is 456 g/mol. The molecule has 2 aromatic rings. The number of nitrogens with one attached hydrogen (secondary N) is 2. The Morgan fingerprint density at radius 3 is 2.06 bits per heavy atom. The van der Waals surface area contributed by atoms with Gasteiger partial charge in [0.1, 0.15) is 5.60 Å². The molecule has 0 bridgehead atoms. The zero-order chi connectivity index (χ0) is 26.3. The molecule has 0 aromatic heterocycles. The highest BCUT2D eigenvalue weighted by atomic mass is 16.6. The third-order valence-corrected chi connectivity index (χ3v) is 5.72. The van der Waals surface area contributed by atoms with Crippen LogP contribution in [0.5, 0.6) is 0 Å². The number of hydrogen-bond donors (Lipinski definition) is 3. The van der Waals surface area contributed by atoms with E-state index in [1.807, 2.05) is 38.1 Å². The van der Waals surface area contributed by atoms with Gasteiger partial charge in [0.2, 0.25) is 0 Å². The SMILES string of the molecule is CC(C)(O)CN1CCCN(Cc2ccc(C(=O)Nc3ccccc3NC(=O)OC(C)(C)C)cc2)CC1. The van der Waals surface area contributed by atoms with Crippen LogP contribution in [0.1, 0.15) is 57.0 Å². The molecule has 0 radical (unpaired) electrons. The highest BCUT2D eigenvalue weighted by molar-refractivity contribution is 6.06. The minimum absolute atomic E-state index is 0.253. The summed E-state index contributed by atoms with van der Waals surface area (Å²) in [7, 11) is 0. The number of hydrogen-bond acceptors (Lipinski definition) is 6. The predicted octanol–water partition coefficient (Wildman–Crippen LogP) is 4.56. The summed E-state index contributed by atoms with van der Waals surface area (Å²) in [5.41, 5.74) is 1.35. The molecule has 2 amide bonds. The van der Waals surface area contributed by atoms with E-state index in [0.717, 1.165) is 44.7 Å². The largest absolute Gasteiger partial charge is 0.444 e. The molecule has 2 aromatic carbocycles. The van der Waals surface area contributed by atoms with Gasteiger partial charge >= 0.3 is 6.09 Å². The fourth-order valence-electron chi connectivity index (χ4n) is 4.22. The standard InChI is InChI=1S/C28H40N4O4/c1-27(2,3)36-26(34)30-24-10-7-6-9-23(24)29-25(33)22-13-11-21(12-14-22)19-31-15-8-16-32(18-17-31)20-28(4,5)35/h6-7,9-14,35H,8,15-20H2,1-5H3,(H,29,33)(H,30,34). The molecule has 3 N–H and O–H groups in total. The second-order valence-corrected chi connectivity index (χ2v) is 11.0. The Kier molecular flexibility index (Phi) is 9.11. The van der Waals surface area contributed by atoms with Crippen molar-refractivity contribution in [2.45, 2.75) is 58.8 Å². The molecule has 0 aliphatic carbocycles. The summed E-state index contributed by atoms with van der Waals surface area (Å²) in [6.45, 7) is 14.5. The van der Waals surface area contributed by atoms with Crippen molar-refractivity contribution >= 4 is 23.4 Å². The van der Waals surface area contributed by atoms with E-state index in [1.54, 1.807) is 45.0 Å². The van der Waals surface area contributed by atoms with Gasteiger partial charge < -0.3 is 15.2 Å². The van der Waals surface area contributed by atoms with E-state index in [-0.39, 0.29) is 5.91 Å². The van der Waals surface area contributed by atoms with E-state index < -0.39 is 17.3 Å². The fourth-order valence-corrected chi connectivity index (χ4v) is 4.22. The van der Waals surface area contributed by atoms with Crippen LogP contribution in [-0.2, 0) is 11.3 Å². The molecule has 0 spiro atoms. The van der Waals surface area contributed by atoms with Crippen molar-refractivity contribution in [3.63, 3.8) is 0 Å². The van der Waals surface area contributed by atoms with Crippen molar-refractivity contribution in [2.24, 2.45) is 0 Å². The molecule has 0 unspecified atom stereocenters. The number of aliphatic hydroxyl groups is 1. The lowest BCUT2D eigenvalue weighted by Gasteiger charge is -2.27. The quantitative estimate of drug-likeness (QED) is 0.520. The van der Waals surface area contributed by atoms with E-state index in [1.165, 1.54) is 0 Å². The summed E-state index contributed by atoms with van der Waals surface area (Å²) in [6.07, 6.45) is 0.484. The highest BCUT2D eigenvalue weighted by Gasteiger charge is 2.21. The minimum atomic E-state index is -0.683. The molecule has 3 rings (SSSR count). The van der Waals surface area contributed by atoms with Crippen LogP contribution >= 0.6 is 0 Å². The molecule has 1 fully saturated rings. The first kappa shape index (κ1) is 27.6. The zero-order valence-electron chi connectivity index (χ0n) is 22.1. The van der Waals surface area contributed by atoms with Crippen LogP contribution in [0, 0.1) is 0 Å². The van der Waals surface area contributed by atoms with Crippen LogP contribution < -0.4 is 10.6 Å². The number of benzene rings is 2. The number of para-hydroxylation sites is 2. The Labute approximate surface area is 214 Å². The average Bonchev–Trinajstić information content (AvgIpc) is 2.98. The maximum atomic E-state index is 12.9. The monoisotopic (exact) mass is 496 g/mol. The van der Waals surface area contributed by atoms with Gasteiger partial charge in [0.15, 0.2) is 0 Å². The van der Waals surface area contributed by atoms with Gasteiger partial charge in [0.05, 0.1) is 17.0 Å². The third-order valence-electron chi connectivity index (χ3n) is 5.72. The molecule has 1 aliphatic heterocycles. The lowest BCUT2D eigenvalue weighted by atomic mass is 10.1. The lowest BCUT2D eigenvalue weighted by molar-refractivity contribution is 0.0374. The van der Waals surface area contributed by atoms with Crippen LogP contribution in [0.2, 0.25) is 0 Å². The Balaban J connectivity index is 1.56. The molecular formula is C28H40N4O4. The summed E-state index contributed by atoms with van der Waals surface area (Å²) < 4.78 is 5.32. The van der Waals surface area contributed by atoms with E-state index >= 15 is 0 Å². The van der Waals surface area contributed by atoms with Gasteiger partial charge in [-0.2, -0.15) is 0 Å². The molecule has 1 heterocycles. The highest BCUT2D eigenvalue weighted by Crippen LogP contribution is 2.23. The van der Waals surface area contributed by atoms with Gasteiger partial charge in [-0.05, 0) is 84.0 Å². The van der Waals surface area contributed by atoms with E-state index in [0.29, 0.717) is 23.5 Å². The maximum absolute atomic E-state index is 12.9. The topological polar surface area (TPSA) is 94.1 Å². The van der Waals surface area contributed by atoms with Gasteiger partial charge in [-0.3, -0.25) is 19.9 Å². The van der Waals surface area contributed by atoms with Gasteiger partial charge in [0.25, 0.3) is 5.91 Å². The summed E-state index contributed by atoms with van der Waals surface area (Å²) in [5.74, 6) is -0.253. The Bertz CT molecular complexity index is 1030. The molecule has 196 valence electrons. The van der Waals surface area contributed by atoms with E-state index in [9.17, 15) is 14.7 Å². The molecule has 8 heteroatoms. The summed E-state index contributed by atoms with van der Waals surface area (Å²) in [4.78, 5) is 29.8.